The molecule has 0 radical (unpaired) electrons. The molecule has 6 rings (SSSR count). The summed E-state index contributed by atoms with van der Waals surface area (Å²) in [6.45, 7) is 1.28. The summed E-state index contributed by atoms with van der Waals surface area (Å²) in [7, 11) is 2.90. The van der Waals surface area contributed by atoms with Crippen molar-refractivity contribution in [1.29, 1.82) is 0 Å². The van der Waals surface area contributed by atoms with Crippen LogP contribution in [0.1, 0.15) is 39.2 Å². The molecular weight excluding hydrogens is 700 g/mol. The van der Waals surface area contributed by atoms with Crippen LogP contribution in [0.3, 0.4) is 0 Å². The normalized spacial score (nSPS) is 18.4. The number of hydrogen-bond acceptors (Lipinski definition) is 10. The monoisotopic (exact) mass is 727 g/mol. The van der Waals surface area contributed by atoms with Gasteiger partial charge in [-0.3, -0.25) is 23.7 Å². The summed E-state index contributed by atoms with van der Waals surface area (Å²) in [4.78, 5) is 68.0. The number of imide groups is 1. The molecule has 1 N–H and O–H groups in total. The molecule has 1 saturated heterocycles. The molecule has 0 saturated carbocycles. The van der Waals surface area contributed by atoms with Gasteiger partial charge in [0.2, 0.25) is 17.7 Å². The zero-order valence-corrected chi connectivity index (χ0v) is 28.2. The number of rotatable bonds is 9. The number of halogens is 3. The summed E-state index contributed by atoms with van der Waals surface area (Å²) >= 11 is 1.78. The van der Waals surface area contributed by atoms with Crippen LogP contribution < -0.4 is 24.6 Å². The Balaban J connectivity index is 1.39. The van der Waals surface area contributed by atoms with Crippen molar-refractivity contribution in [2.45, 2.75) is 35.8 Å². The minimum atomic E-state index is -4.63. The van der Waals surface area contributed by atoms with E-state index in [1.165, 1.54) is 44.6 Å². The number of amides is 3. The Morgan fingerprint density at radius 2 is 1.64 bits per heavy atom. The average molecular weight is 728 g/mol. The molecular formula is C34H28F3N3O8S2. The lowest BCUT2D eigenvalue weighted by Crippen LogP contribution is -2.33. The van der Waals surface area contributed by atoms with Gasteiger partial charge in [-0.1, -0.05) is 35.2 Å². The number of carbonyl (C=O) groups excluding carboxylic acids is 4. The highest BCUT2D eigenvalue weighted by molar-refractivity contribution is 8.00. The number of nitrogens with zero attached hydrogens (tertiary/aromatic N) is 2. The third kappa shape index (κ3) is 6.35. The number of methoxy groups -OCH3 is 2. The molecule has 3 aromatic carbocycles. The summed E-state index contributed by atoms with van der Waals surface area (Å²) in [5.74, 6) is -3.48. The van der Waals surface area contributed by atoms with E-state index in [2.05, 4.69) is 5.32 Å². The number of carbonyl (C=O) groups is 4. The van der Waals surface area contributed by atoms with E-state index in [1.807, 2.05) is 0 Å². The van der Waals surface area contributed by atoms with E-state index in [9.17, 15) is 37.1 Å². The van der Waals surface area contributed by atoms with Gasteiger partial charge in [-0.25, -0.2) is 9.69 Å². The van der Waals surface area contributed by atoms with E-state index < -0.39 is 63.9 Å². The molecule has 0 bridgehead atoms. The van der Waals surface area contributed by atoms with Crippen molar-refractivity contribution in [3.05, 3.63) is 98.0 Å². The second kappa shape index (κ2) is 13.7. The van der Waals surface area contributed by atoms with Crippen molar-refractivity contribution in [2.75, 3.05) is 31.0 Å². The molecule has 16 heteroatoms. The summed E-state index contributed by atoms with van der Waals surface area (Å²) in [5, 5.41) is 1.67. The first-order valence-electron chi connectivity index (χ1n) is 15.1. The lowest BCUT2D eigenvalue weighted by Gasteiger charge is -2.31. The van der Waals surface area contributed by atoms with Crippen LogP contribution in [0.5, 0.6) is 11.5 Å². The van der Waals surface area contributed by atoms with Crippen molar-refractivity contribution >= 4 is 58.2 Å². The Bertz CT molecular complexity index is 2060. The Morgan fingerprint density at radius 1 is 0.920 bits per heavy atom. The standard InChI is InChI=1S/C34H28F3N3O8S2/c1-4-48-32(44)17-8-11-21(12-9-17)40-29(42)26-25(18-10-13-22(46-2)23(14-18)47-3)28-31(49-27(26)30(40)43)39(33(45)50-28)16-24(41)38-20-7-5-6-19(15-20)34(35,36)37/h5-15,25-27H,4,16H2,1-3H3,(H,38,41)/t25-,26+,27-/m0/s1. The van der Waals surface area contributed by atoms with Gasteiger partial charge in [0.1, 0.15) is 11.8 Å². The first kappa shape index (κ1) is 34.8. The number of thiazole rings is 1. The molecule has 50 heavy (non-hydrogen) atoms. The smallest absolute Gasteiger partial charge is 0.416 e. The maximum absolute atomic E-state index is 14.2. The van der Waals surface area contributed by atoms with Crippen molar-refractivity contribution < 1.29 is 46.6 Å². The predicted octanol–water partition coefficient (Wildman–Crippen LogP) is 5.56. The Hall–Kier alpha value is -5.09. The third-order valence-electron chi connectivity index (χ3n) is 8.23. The van der Waals surface area contributed by atoms with E-state index in [0.717, 1.165) is 50.8 Å². The van der Waals surface area contributed by atoms with E-state index in [4.69, 9.17) is 14.2 Å². The summed E-state index contributed by atoms with van der Waals surface area (Å²) in [6, 6.07) is 14.9. The van der Waals surface area contributed by atoms with Crippen molar-refractivity contribution in [3.8, 4) is 11.5 Å². The van der Waals surface area contributed by atoms with Crippen LogP contribution >= 0.6 is 23.1 Å². The van der Waals surface area contributed by atoms with Crippen molar-refractivity contribution in [2.24, 2.45) is 5.92 Å². The molecule has 11 nitrogen and oxygen atoms in total. The van der Waals surface area contributed by atoms with Gasteiger partial charge in [0.05, 0.1) is 48.6 Å². The Morgan fingerprint density at radius 3 is 2.30 bits per heavy atom. The summed E-state index contributed by atoms with van der Waals surface area (Å²) < 4.78 is 56.8. The number of ether oxygens (including phenoxy) is 3. The zero-order chi connectivity index (χ0) is 35.9. The molecule has 2 aliphatic rings. The molecule has 3 amide bonds. The maximum Gasteiger partial charge on any atom is 0.416 e. The number of aromatic nitrogens is 1. The summed E-state index contributed by atoms with van der Waals surface area (Å²) in [5.41, 5.74) is -0.0559. The van der Waals surface area contributed by atoms with Gasteiger partial charge in [-0.05, 0) is 67.1 Å². The number of alkyl halides is 3. The van der Waals surface area contributed by atoms with Crippen LogP contribution in [-0.2, 0) is 31.8 Å². The fourth-order valence-electron chi connectivity index (χ4n) is 5.99. The molecule has 3 heterocycles. The van der Waals surface area contributed by atoms with E-state index >= 15 is 0 Å². The third-order valence-corrected chi connectivity index (χ3v) is 10.8. The maximum atomic E-state index is 14.2. The Labute approximate surface area is 290 Å². The van der Waals surface area contributed by atoms with Gasteiger partial charge in [-0.2, -0.15) is 13.2 Å². The second-order valence-electron chi connectivity index (χ2n) is 11.2. The van der Waals surface area contributed by atoms with Gasteiger partial charge < -0.3 is 19.5 Å². The molecule has 0 spiro atoms. The number of thioether (sulfide) groups is 1. The van der Waals surface area contributed by atoms with Gasteiger partial charge in [0.25, 0.3) is 0 Å². The minimum Gasteiger partial charge on any atom is -0.493 e. The SMILES string of the molecule is CCOC(=O)c1ccc(N2C(=O)[C@@H]3[C@H](c4ccc(OC)c(OC)c4)c4sc(=O)n(CC(=O)Nc5cccc(C(F)(F)F)c5)c4S[C@@H]3C2=O)cc1. The quantitative estimate of drug-likeness (QED) is 0.174. The molecule has 260 valence electrons. The van der Waals surface area contributed by atoms with Crippen molar-refractivity contribution in [1.82, 2.24) is 4.57 Å². The fourth-order valence-corrected chi connectivity index (χ4v) is 8.77. The van der Waals surface area contributed by atoms with Gasteiger partial charge in [-0.15, -0.1) is 0 Å². The van der Waals surface area contributed by atoms with E-state index in [0.29, 0.717) is 21.9 Å². The largest absolute Gasteiger partial charge is 0.493 e. The number of anilines is 2. The minimum absolute atomic E-state index is 0.112. The predicted molar refractivity (Wildman–Crippen MR) is 178 cm³/mol. The molecule has 2 aliphatic heterocycles. The Kier molecular flexibility index (Phi) is 9.50. The number of nitrogens with one attached hydrogen (secondary N) is 1. The topological polar surface area (TPSA) is 133 Å². The molecule has 0 unspecified atom stereocenters. The molecule has 3 atom stereocenters. The van der Waals surface area contributed by atoms with Crippen LogP contribution in [0.2, 0.25) is 0 Å². The zero-order valence-electron chi connectivity index (χ0n) is 26.6. The number of esters is 1. The first-order valence-corrected chi connectivity index (χ1v) is 16.8. The molecule has 1 aromatic heterocycles. The number of fused-ring (bicyclic) bond motifs is 2. The van der Waals surface area contributed by atoms with E-state index in [-0.39, 0.29) is 28.6 Å². The molecule has 1 fully saturated rings. The average Bonchev–Trinajstić information content (AvgIpc) is 3.53. The van der Waals surface area contributed by atoms with Crippen LogP contribution in [0, 0.1) is 5.92 Å². The van der Waals surface area contributed by atoms with Crippen LogP contribution in [0.25, 0.3) is 0 Å². The lowest BCUT2D eigenvalue weighted by atomic mass is 9.83. The highest BCUT2D eigenvalue weighted by Gasteiger charge is 2.57. The van der Waals surface area contributed by atoms with Gasteiger partial charge in [0, 0.05) is 16.5 Å². The second-order valence-corrected chi connectivity index (χ2v) is 13.3. The highest BCUT2D eigenvalue weighted by atomic mass is 32.2. The highest BCUT2D eigenvalue weighted by Crippen LogP contribution is 2.54. The van der Waals surface area contributed by atoms with Crippen LogP contribution in [0.15, 0.2) is 76.6 Å². The fraction of sp³-hybridized carbons (Fsp3) is 0.265. The van der Waals surface area contributed by atoms with Crippen molar-refractivity contribution in [3.63, 3.8) is 0 Å². The molecule has 4 aromatic rings. The number of benzene rings is 3. The first-order chi connectivity index (χ1) is 23.9. The summed E-state index contributed by atoms with van der Waals surface area (Å²) in [6.07, 6.45) is -4.63. The van der Waals surface area contributed by atoms with E-state index in [1.54, 1.807) is 25.1 Å². The molecule has 0 aliphatic carbocycles. The van der Waals surface area contributed by atoms with Gasteiger partial charge >= 0.3 is 17.0 Å². The van der Waals surface area contributed by atoms with Crippen LogP contribution in [0.4, 0.5) is 24.5 Å². The van der Waals surface area contributed by atoms with Crippen LogP contribution in [-0.4, -0.2) is 54.3 Å². The number of hydrogen-bond donors (Lipinski definition) is 1. The van der Waals surface area contributed by atoms with Gasteiger partial charge in [0.15, 0.2) is 11.5 Å². The lowest BCUT2D eigenvalue weighted by molar-refractivity contribution is -0.137.